The van der Waals surface area contributed by atoms with Crippen LogP contribution in [-0.4, -0.2) is 29.1 Å². The zero-order chi connectivity index (χ0) is 15.2. The first-order valence-corrected chi connectivity index (χ1v) is 6.77. The number of hydrogen-bond donors (Lipinski definition) is 1. The number of nitrogens with zero attached hydrogens (tertiary/aromatic N) is 2. The van der Waals surface area contributed by atoms with E-state index in [0.717, 1.165) is 12.2 Å². The first kappa shape index (κ1) is 14.2. The van der Waals surface area contributed by atoms with E-state index >= 15 is 0 Å². The average Bonchev–Trinajstić information content (AvgIpc) is 2.83. The molecule has 0 amide bonds. The second kappa shape index (κ2) is 4.94. The first-order chi connectivity index (χ1) is 9.84. The van der Waals surface area contributed by atoms with Crippen molar-refractivity contribution < 1.29 is 17.6 Å². The fourth-order valence-corrected chi connectivity index (χ4v) is 2.38. The molecule has 110 valence electrons. The predicted molar refractivity (Wildman–Crippen MR) is 72.4 cm³/mol. The standard InChI is InChI=1S/C13H8BrF4N3/c14-11-8(15)3-6(5-19-11)12-20-9-2-1-7(13(16,17)18)4-10(9)21-12/h1-5,9-10H,(H,20,21). The number of pyridine rings is 1. The zero-order valence-electron chi connectivity index (χ0n) is 10.3. The third-order valence-electron chi connectivity index (χ3n) is 3.18. The fourth-order valence-electron chi connectivity index (χ4n) is 2.16. The third kappa shape index (κ3) is 2.72. The maximum absolute atomic E-state index is 13.5. The predicted octanol–water partition coefficient (Wildman–Crippen LogP) is 3.13. The van der Waals surface area contributed by atoms with Crippen molar-refractivity contribution in [1.29, 1.82) is 0 Å². The van der Waals surface area contributed by atoms with E-state index in [4.69, 9.17) is 0 Å². The summed E-state index contributed by atoms with van der Waals surface area (Å²) in [6, 6.07) is 0.198. The Balaban J connectivity index is 1.86. The van der Waals surface area contributed by atoms with Gasteiger partial charge >= 0.3 is 6.18 Å². The van der Waals surface area contributed by atoms with E-state index in [0.29, 0.717) is 11.4 Å². The summed E-state index contributed by atoms with van der Waals surface area (Å²) >= 11 is 2.94. The molecule has 1 aliphatic carbocycles. The summed E-state index contributed by atoms with van der Waals surface area (Å²) in [7, 11) is 0. The Morgan fingerprint density at radius 3 is 2.71 bits per heavy atom. The first-order valence-electron chi connectivity index (χ1n) is 5.97. The van der Waals surface area contributed by atoms with Gasteiger partial charge in [0.05, 0.1) is 17.7 Å². The van der Waals surface area contributed by atoms with E-state index in [-0.39, 0.29) is 4.60 Å². The van der Waals surface area contributed by atoms with Crippen molar-refractivity contribution in [3.05, 3.63) is 52.0 Å². The number of allylic oxidation sites excluding steroid dienone is 2. The molecule has 2 unspecified atom stereocenters. The van der Waals surface area contributed by atoms with Gasteiger partial charge in [-0.15, -0.1) is 0 Å². The largest absolute Gasteiger partial charge is 0.416 e. The molecule has 1 aromatic rings. The van der Waals surface area contributed by atoms with Crippen molar-refractivity contribution in [3.63, 3.8) is 0 Å². The lowest BCUT2D eigenvalue weighted by Crippen LogP contribution is -2.35. The number of aromatic nitrogens is 1. The molecule has 0 radical (unpaired) electrons. The van der Waals surface area contributed by atoms with Crippen molar-refractivity contribution in [3.8, 4) is 0 Å². The summed E-state index contributed by atoms with van der Waals surface area (Å²) in [6.45, 7) is 0. The topological polar surface area (TPSA) is 37.3 Å². The molecule has 3 rings (SSSR count). The number of nitrogens with one attached hydrogen (secondary N) is 1. The molecule has 0 aromatic carbocycles. The quantitative estimate of drug-likeness (QED) is 0.616. The van der Waals surface area contributed by atoms with Gasteiger partial charge in [-0.05, 0) is 28.1 Å². The molecule has 0 fully saturated rings. The number of alkyl halides is 3. The Morgan fingerprint density at radius 2 is 2.05 bits per heavy atom. The smallest absolute Gasteiger partial charge is 0.361 e. The highest BCUT2D eigenvalue weighted by atomic mass is 79.9. The Hall–Kier alpha value is -1.70. The number of hydrogen-bond acceptors (Lipinski definition) is 3. The van der Waals surface area contributed by atoms with Crippen LogP contribution >= 0.6 is 15.9 Å². The minimum absolute atomic E-state index is 0.0708. The Kier molecular flexibility index (Phi) is 3.35. The van der Waals surface area contributed by atoms with Crippen LogP contribution in [0.4, 0.5) is 17.6 Å². The normalized spacial score (nSPS) is 24.2. The monoisotopic (exact) mass is 361 g/mol. The number of aliphatic imine (C=N–C) groups is 1. The molecule has 1 aromatic heterocycles. The van der Waals surface area contributed by atoms with E-state index in [9.17, 15) is 17.6 Å². The lowest BCUT2D eigenvalue weighted by atomic mass is 9.99. The van der Waals surface area contributed by atoms with Crippen LogP contribution in [0.25, 0.3) is 0 Å². The van der Waals surface area contributed by atoms with E-state index in [1.54, 1.807) is 0 Å². The van der Waals surface area contributed by atoms with Gasteiger partial charge in [0.2, 0.25) is 0 Å². The van der Waals surface area contributed by atoms with Gasteiger partial charge in [-0.25, -0.2) is 9.37 Å². The highest BCUT2D eigenvalue weighted by molar-refractivity contribution is 9.10. The summed E-state index contributed by atoms with van der Waals surface area (Å²) in [6.07, 6.45) is 0.487. The summed E-state index contributed by atoms with van der Waals surface area (Å²) < 4.78 is 51.5. The van der Waals surface area contributed by atoms with Gasteiger partial charge in [0, 0.05) is 11.8 Å². The van der Waals surface area contributed by atoms with Crippen LogP contribution in [0.1, 0.15) is 5.56 Å². The molecule has 8 heteroatoms. The second-order valence-corrected chi connectivity index (χ2v) is 5.37. The second-order valence-electron chi connectivity index (χ2n) is 4.61. The van der Waals surface area contributed by atoms with Crippen LogP contribution in [0, 0.1) is 5.82 Å². The Morgan fingerprint density at radius 1 is 1.29 bits per heavy atom. The maximum Gasteiger partial charge on any atom is 0.416 e. The van der Waals surface area contributed by atoms with Crippen molar-refractivity contribution in [2.24, 2.45) is 4.99 Å². The lowest BCUT2D eigenvalue weighted by Gasteiger charge is -2.19. The summed E-state index contributed by atoms with van der Waals surface area (Å²) in [5, 5.41) is 2.86. The number of halogens is 5. The molecule has 2 heterocycles. The molecular weight excluding hydrogens is 354 g/mol. The molecule has 0 bridgehead atoms. The highest BCUT2D eigenvalue weighted by Crippen LogP contribution is 2.31. The lowest BCUT2D eigenvalue weighted by molar-refractivity contribution is -0.0887. The van der Waals surface area contributed by atoms with Crippen LogP contribution < -0.4 is 5.32 Å². The van der Waals surface area contributed by atoms with E-state index in [2.05, 4.69) is 31.2 Å². The summed E-state index contributed by atoms with van der Waals surface area (Å²) in [5.41, 5.74) is -0.326. The molecule has 2 aliphatic rings. The minimum atomic E-state index is -4.39. The fraction of sp³-hybridized carbons (Fsp3) is 0.231. The van der Waals surface area contributed by atoms with Gasteiger partial charge in [-0.2, -0.15) is 13.2 Å². The van der Waals surface area contributed by atoms with Gasteiger partial charge in [0.25, 0.3) is 0 Å². The molecular formula is C13H8BrF4N3. The summed E-state index contributed by atoms with van der Waals surface area (Å²) in [4.78, 5) is 8.05. The molecule has 0 spiro atoms. The van der Waals surface area contributed by atoms with Crippen LogP contribution in [-0.2, 0) is 0 Å². The number of rotatable bonds is 1. The van der Waals surface area contributed by atoms with Crippen molar-refractivity contribution in [2.45, 2.75) is 18.3 Å². The third-order valence-corrected chi connectivity index (χ3v) is 3.76. The molecule has 0 saturated carbocycles. The van der Waals surface area contributed by atoms with Gasteiger partial charge in [0.15, 0.2) is 5.82 Å². The van der Waals surface area contributed by atoms with Crippen molar-refractivity contribution >= 4 is 21.8 Å². The molecule has 0 saturated heterocycles. The highest BCUT2D eigenvalue weighted by Gasteiger charge is 2.37. The van der Waals surface area contributed by atoms with Gasteiger partial charge < -0.3 is 5.32 Å². The van der Waals surface area contributed by atoms with E-state index < -0.39 is 29.7 Å². The van der Waals surface area contributed by atoms with Crippen molar-refractivity contribution in [2.75, 3.05) is 0 Å². The zero-order valence-corrected chi connectivity index (χ0v) is 11.9. The van der Waals surface area contributed by atoms with Gasteiger partial charge in [-0.3, -0.25) is 4.99 Å². The Bertz CT molecular complexity index is 678. The van der Waals surface area contributed by atoms with Gasteiger partial charge in [0.1, 0.15) is 10.4 Å². The average molecular weight is 362 g/mol. The van der Waals surface area contributed by atoms with E-state index in [1.807, 2.05) is 0 Å². The SMILES string of the molecule is Fc1cc(C2=NC3C=CC(C(F)(F)F)=CC3N2)cnc1Br. The molecule has 1 N–H and O–H groups in total. The number of fused-ring (bicyclic) bond motifs is 1. The minimum Gasteiger partial charge on any atom is -0.361 e. The molecule has 3 nitrogen and oxygen atoms in total. The van der Waals surface area contributed by atoms with Gasteiger partial charge in [-0.1, -0.05) is 12.2 Å². The van der Waals surface area contributed by atoms with Crippen LogP contribution in [0.15, 0.2) is 45.7 Å². The van der Waals surface area contributed by atoms with Crippen LogP contribution in [0.5, 0.6) is 0 Å². The maximum atomic E-state index is 13.5. The summed E-state index contributed by atoms with van der Waals surface area (Å²) in [5.74, 6) is -0.234. The molecule has 1 aliphatic heterocycles. The Labute approximate surface area is 125 Å². The molecule has 21 heavy (non-hydrogen) atoms. The molecule has 2 atom stereocenters. The van der Waals surface area contributed by atoms with Crippen LogP contribution in [0.2, 0.25) is 0 Å². The number of amidine groups is 1. The van der Waals surface area contributed by atoms with Crippen LogP contribution in [0.3, 0.4) is 0 Å². The van der Waals surface area contributed by atoms with Crippen molar-refractivity contribution in [1.82, 2.24) is 10.3 Å². The van der Waals surface area contributed by atoms with E-state index in [1.165, 1.54) is 18.3 Å².